The first kappa shape index (κ1) is 19.6. The number of nitrogens with one attached hydrogen (secondary N) is 1. The monoisotopic (exact) mass is 329 g/mol. The molecule has 1 aromatic rings. The van der Waals surface area contributed by atoms with E-state index in [0.717, 1.165) is 31.8 Å². The van der Waals surface area contributed by atoms with Gasteiger partial charge >= 0.3 is 0 Å². The standard InChI is InChI=1S/C18H27N5O/c1-7-16(23(9-3)12-10-11-22(5)6)17-18(19-8-2)20-13-15(21-17)14(4)24/h8,13H,1-2,9-12H2,3-6H3,(H,19,20). The van der Waals surface area contributed by atoms with Gasteiger partial charge in [-0.15, -0.1) is 5.73 Å². The molecule has 0 unspecified atom stereocenters. The zero-order chi connectivity index (χ0) is 18.1. The zero-order valence-electron chi connectivity index (χ0n) is 15.1. The molecule has 0 saturated carbocycles. The molecule has 0 saturated heterocycles. The Hall–Kier alpha value is -2.43. The smallest absolute Gasteiger partial charge is 0.179 e. The van der Waals surface area contributed by atoms with Gasteiger partial charge in [0.25, 0.3) is 0 Å². The maximum Gasteiger partial charge on any atom is 0.179 e. The van der Waals surface area contributed by atoms with E-state index < -0.39 is 0 Å². The maximum absolute atomic E-state index is 11.7. The Kier molecular flexibility index (Phi) is 7.89. The third-order valence-electron chi connectivity index (χ3n) is 3.50. The molecule has 0 aromatic carbocycles. The van der Waals surface area contributed by atoms with E-state index in [1.165, 1.54) is 19.3 Å². The maximum atomic E-state index is 11.7. The van der Waals surface area contributed by atoms with Gasteiger partial charge < -0.3 is 15.1 Å². The highest BCUT2D eigenvalue weighted by Crippen LogP contribution is 2.23. The van der Waals surface area contributed by atoms with Crippen molar-refractivity contribution in [1.82, 2.24) is 19.8 Å². The van der Waals surface area contributed by atoms with Crippen LogP contribution in [0.1, 0.15) is 36.5 Å². The molecule has 1 N–H and O–H groups in total. The second-order valence-corrected chi connectivity index (χ2v) is 5.62. The molecule has 0 aliphatic carbocycles. The highest BCUT2D eigenvalue weighted by Gasteiger charge is 2.18. The van der Waals surface area contributed by atoms with Crippen molar-refractivity contribution in [2.75, 3.05) is 39.0 Å². The molecule has 24 heavy (non-hydrogen) atoms. The van der Waals surface area contributed by atoms with Crippen molar-refractivity contribution in [1.29, 1.82) is 0 Å². The minimum atomic E-state index is -0.132. The van der Waals surface area contributed by atoms with Gasteiger partial charge in [0.15, 0.2) is 11.6 Å². The summed E-state index contributed by atoms with van der Waals surface area (Å²) in [4.78, 5) is 24.7. The number of hydrogen-bond donors (Lipinski definition) is 1. The topological polar surface area (TPSA) is 61.4 Å². The highest BCUT2D eigenvalue weighted by atomic mass is 16.1. The quantitative estimate of drug-likeness (QED) is 0.526. The van der Waals surface area contributed by atoms with Crippen LogP contribution in [-0.2, 0) is 0 Å². The van der Waals surface area contributed by atoms with E-state index in [1.807, 2.05) is 0 Å². The van der Waals surface area contributed by atoms with Gasteiger partial charge in [0.2, 0.25) is 0 Å². The summed E-state index contributed by atoms with van der Waals surface area (Å²) in [5.74, 6) is 0.403. The first-order valence-electron chi connectivity index (χ1n) is 8.00. The normalized spacial score (nSPS) is 10.2. The van der Waals surface area contributed by atoms with Crippen LogP contribution in [0, 0.1) is 0 Å². The largest absolute Gasteiger partial charge is 0.364 e. The van der Waals surface area contributed by atoms with Gasteiger partial charge in [-0.25, -0.2) is 9.97 Å². The predicted octanol–water partition coefficient (Wildman–Crippen LogP) is 2.63. The molecule has 6 nitrogen and oxygen atoms in total. The summed E-state index contributed by atoms with van der Waals surface area (Å²) in [5, 5.41) is 2.97. The summed E-state index contributed by atoms with van der Waals surface area (Å²) >= 11 is 0. The average molecular weight is 329 g/mol. The molecule has 6 heteroatoms. The first-order valence-corrected chi connectivity index (χ1v) is 8.00. The minimum Gasteiger partial charge on any atom is -0.364 e. The van der Waals surface area contributed by atoms with Crippen LogP contribution in [0.3, 0.4) is 0 Å². The van der Waals surface area contributed by atoms with Crippen molar-refractivity contribution in [3.8, 4) is 0 Å². The summed E-state index contributed by atoms with van der Waals surface area (Å²) in [6.07, 6.45) is 3.99. The minimum absolute atomic E-state index is 0.132. The third kappa shape index (κ3) is 5.33. The lowest BCUT2D eigenvalue weighted by atomic mass is 10.2. The van der Waals surface area contributed by atoms with E-state index in [-0.39, 0.29) is 5.78 Å². The number of ketones is 1. The van der Waals surface area contributed by atoms with Gasteiger partial charge in [-0.05, 0) is 40.2 Å². The molecule has 0 amide bonds. The molecule has 0 aliphatic rings. The van der Waals surface area contributed by atoms with Crippen LogP contribution in [-0.4, -0.2) is 59.3 Å². The molecular weight excluding hydrogens is 302 g/mol. The molecule has 0 aliphatic heterocycles. The molecule has 0 radical (unpaired) electrons. The van der Waals surface area contributed by atoms with Crippen molar-refractivity contribution in [3.63, 3.8) is 0 Å². The number of carbonyl (C=O) groups is 1. The second-order valence-electron chi connectivity index (χ2n) is 5.62. The van der Waals surface area contributed by atoms with Crippen LogP contribution in [0.5, 0.6) is 0 Å². The lowest BCUT2D eigenvalue weighted by Gasteiger charge is -2.26. The van der Waals surface area contributed by atoms with Crippen molar-refractivity contribution >= 4 is 17.3 Å². The van der Waals surface area contributed by atoms with Crippen LogP contribution >= 0.6 is 0 Å². The van der Waals surface area contributed by atoms with Crippen molar-refractivity contribution in [3.05, 3.63) is 42.7 Å². The molecule has 0 fully saturated rings. The number of hydrogen-bond acceptors (Lipinski definition) is 6. The van der Waals surface area contributed by atoms with Gasteiger partial charge in [-0.2, -0.15) is 0 Å². The fourth-order valence-electron chi connectivity index (χ4n) is 2.28. The fourth-order valence-corrected chi connectivity index (χ4v) is 2.28. The summed E-state index contributed by atoms with van der Waals surface area (Å²) in [5.41, 5.74) is 4.57. The molecule has 0 bridgehead atoms. The summed E-state index contributed by atoms with van der Waals surface area (Å²) in [6.45, 7) is 13.6. The zero-order valence-corrected chi connectivity index (χ0v) is 15.1. The number of rotatable bonds is 10. The third-order valence-corrected chi connectivity index (χ3v) is 3.50. The van der Waals surface area contributed by atoms with E-state index in [9.17, 15) is 4.79 Å². The summed E-state index contributed by atoms with van der Waals surface area (Å²) in [6, 6.07) is 0. The van der Waals surface area contributed by atoms with Crippen LogP contribution in [0.4, 0.5) is 5.82 Å². The Morgan fingerprint density at radius 1 is 1.42 bits per heavy atom. The lowest BCUT2D eigenvalue weighted by molar-refractivity contribution is 0.101. The Morgan fingerprint density at radius 2 is 2.12 bits per heavy atom. The SMILES string of the molecule is C=C=C(c1nc(C(C)=O)cnc1NC=C)N(CC)CCCN(C)C. The van der Waals surface area contributed by atoms with Crippen LogP contribution < -0.4 is 5.32 Å². The predicted molar refractivity (Wildman–Crippen MR) is 98.8 cm³/mol. The highest BCUT2D eigenvalue weighted by molar-refractivity contribution is 5.92. The number of nitrogens with zero attached hydrogens (tertiary/aromatic N) is 4. The number of aromatic nitrogens is 2. The Morgan fingerprint density at radius 3 is 2.62 bits per heavy atom. The molecule has 130 valence electrons. The van der Waals surface area contributed by atoms with Crippen molar-refractivity contribution in [2.45, 2.75) is 20.3 Å². The Labute approximate surface area is 144 Å². The van der Waals surface area contributed by atoms with Gasteiger partial charge in [-0.3, -0.25) is 4.79 Å². The fraction of sp³-hybridized carbons (Fsp3) is 0.444. The Bertz CT molecular complexity index is 632. The first-order chi connectivity index (χ1) is 11.4. The van der Waals surface area contributed by atoms with E-state index in [1.54, 1.807) is 0 Å². The van der Waals surface area contributed by atoms with E-state index in [0.29, 0.717) is 17.2 Å². The van der Waals surface area contributed by atoms with Gasteiger partial charge in [0, 0.05) is 20.0 Å². The van der Waals surface area contributed by atoms with E-state index in [2.05, 4.69) is 65.0 Å². The molecule has 0 spiro atoms. The van der Waals surface area contributed by atoms with Crippen molar-refractivity contribution in [2.24, 2.45) is 0 Å². The van der Waals surface area contributed by atoms with Crippen LogP contribution in [0.25, 0.3) is 5.70 Å². The average Bonchev–Trinajstić information content (AvgIpc) is 2.54. The van der Waals surface area contributed by atoms with Gasteiger partial charge in [0.05, 0.1) is 6.20 Å². The number of Topliss-reactive ketones (excluding diaryl/α,β-unsaturated/α-hetero) is 1. The second kappa shape index (κ2) is 9.65. The van der Waals surface area contributed by atoms with Crippen LogP contribution in [0.2, 0.25) is 0 Å². The molecule has 1 aromatic heterocycles. The summed E-state index contributed by atoms with van der Waals surface area (Å²) < 4.78 is 0. The molecular formula is C18H27N5O. The van der Waals surface area contributed by atoms with E-state index in [4.69, 9.17) is 0 Å². The number of anilines is 1. The van der Waals surface area contributed by atoms with E-state index >= 15 is 0 Å². The summed E-state index contributed by atoms with van der Waals surface area (Å²) in [7, 11) is 4.10. The van der Waals surface area contributed by atoms with Crippen LogP contribution in [0.15, 0.2) is 31.3 Å². The molecule has 1 heterocycles. The van der Waals surface area contributed by atoms with Crippen molar-refractivity contribution < 1.29 is 4.79 Å². The Balaban J connectivity index is 3.20. The molecule has 0 atom stereocenters. The number of carbonyl (C=O) groups excluding carboxylic acids is 1. The molecule has 1 rings (SSSR count). The van der Waals surface area contributed by atoms with Gasteiger partial charge in [-0.1, -0.05) is 13.2 Å². The lowest BCUT2D eigenvalue weighted by Crippen LogP contribution is -2.27. The van der Waals surface area contributed by atoms with Gasteiger partial charge in [0.1, 0.15) is 17.1 Å².